The number of benzene rings is 3. The number of carbonyl (C=O) groups excluding carboxylic acids is 1. The predicted molar refractivity (Wildman–Crippen MR) is 167 cm³/mol. The molecular weight excluding hydrogens is 647 g/mol. The molecular formula is C31H25BrCl2N2O4S. The Morgan fingerprint density at radius 2 is 1.80 bits per heavy atom. The third kappa shape index (κ3) is 6.21. The number of ether oxygens (including phenoxy) is 2. The van der Waals surface area contributed by atoms with Gasteiger partial charge in [0.2, 0.25) is 0 Å². The van der Waals surface area contributed by atoms with Crippen LogP contribution in [-0.4, -0.2) is 17.1 Å². The summed E-state index contributed by atoms with van der Waals surface area (Å²) in [5, 5.41) is 1.05. The summed E-state index contributed by atoms with van der Waals surface area (Å²) in [5.74, 6) is 0.00723. The van der Waals surface area contributed by atoms with Gasteiger partial charge in [-0.25, -0.2) is 9.79 Å². The summed E-state index contributed by atoms with van der Waals surface area (Å²) in [6, 6.07) is 18.1. The molecule has 0 fully saturated rings. The van der Waals surface area contributed by atoms with Crippen LogP contribution in [0.3, 0.4) is 0 Å². The van der Waals surface area contributed by atoms with Crippen LogP contribution in [0.25, 0.3) is 6.08 Å². The predicted octanol–water partition coefficient (Wildman–Crippen LogP) is 6.76. The highest BCUT2D eigenvalue weighted by atomic mass is 79.9. The van der Waals surface area contributed by atoms with E-state index in [9.17, 15) is 9.59 Å². The van der Waals surface area contributed by atoms with E-state index in [1.54, 1.807) is 42.7 Å². The Hall–Kier alpha value is -3.17. The van der Waals surface area contributed by atoms with Crippen molar-refractivity contribution in [3.63, 3.8) is 0 Å². The number of carbonyl (C=O) groups is 1. The molecule has 4 aromatic rings. The molecule has 3 aromatic carbocycles. The summed E-state index contributed by atoms with van der Waals surface area (Å²) in [6.45, 7) is 6.04. The Kier molecular flexibility index (Phi) is 8.85. The van der Waals surface area contributed by atoms with Gasteiger partial charge in [-0.15, -0.1) is 0 Å². The van der Waals surface area contributed by atoms with Crippen LogP contribution in [0.15, 0.2) is 86.2 Å². The number of hydrogen-bond acceptors (Lipinski definition) is 6. The van der Waals surface area contributed by atoms with Gasteiger partial charge in [-0.05, 0) is 83.7 Å². The molecule has 0 radical (unpaired) electrons. The van der Waals surface area contributed by atoms with Gasteiger partial charge < -0.3 is 9.47 Å². The zero-order valence-corrected chi connectivity index (χ0v) is 26.3. The molecule has 10 heteroatoms. The normalized spacial score (nSPS) is 15.0. The molecule has 0 bridgehead atoms. The van der Waals surface area contributed by atoms with Crippen molar-refractivity contribution in [1.29, 1.82) is 0 Å². The maximum atomic E-state index is 13.9. The number of hydrogen-bond donors (Lipinski definition) is 0. The summed E-state index contributed by atoms with van der Waals surface area (Å²) < 4.78 is 14.0. The summed E-state index contributed by atoms with van der Waals surface area (Å²) in [5.41, 5.74) is 4.14. The second-order valence-corrected chi connectivity index (χ2v) is 12.1. The Balaban J connectivity index is 1.54. The van der Waals surface area contributed by atoms with Crippen molar-refractivity contribution in [2.24, 2.45) is 4.99 Å². The molecule has 210 valence electrons. The van der Waals surface area contributed by atoms with Gasteiger partial charge in [-0.1, -0.05) is 76.5 Å². The van der Waals surface area contributed by atoms with Gasteiger partial charge in [0.15, 0.2) is 10.6 Å². The van der Waals surface area contributed by atoms with E-state index in [4.69, 9.17) is 32.7 Å². The van der Waals surface area contributed by atoms with E-state index in [2.05, 4.69) is 20.9 Å². The second-order valence-electron chi connectivity index (χ2n) is 9.44. The lowest BCUT2D eigenvalue weighted by Gasteiger charge is -2.24. The lowest BCUT2D eigenvalue weighted by Crippen LogP contribution is -2.39. The first-order valence-electron chi connectivity index (χ1n) is 12.8. The van der Waals surface area contributed by atoms with E-state index in [0.29, 0.717) is 53.0 Å². The molecule has 0 unspecified atom stereocenters. The summed E-state index contributed by atoms with van der Waals surface area (Å²) >= 11 is 17.4. The molecule has 1 aliphatic heterocycles. The second kappa shape index (κ2) is 12.4. The average Bonchev–Trinajstić information content (AvgIpc) is 3.23. The van der Waals surface area contributed by atoms with Gasteiger partial charge in [-0.3, -0.25) is 9.36 Å². The molecule has 2 heterocycles. The fourth-order valence-electron chi connectivity index (χ4n) is 4.54. The molecule has 1 aliphatic rings. The third-order valence-corrected chi connectivity index (χ3v) is 8.63. The minimum atomic E-state index is -0.660. The van der Waals surface area contributed by atoms with Crippen molar-refractivity contribution >= 4 is 62.5 Å². The number of halogens is 3. The number of thiazole rings is 1. The molecule has 0 saturated carbocycles. The SMILES string of the molecule is CCOC(=O)C1=C(C)N=c2s/c(=C/c3cc(Cl)c(OCc4ccc(Cl)cc4)c(Br)c3)c(=O)n2[C@@H]1c1ccc(C)cc1. The standard InChI is InChI=1S/C31H25BrCl2N2O4S/c1-4-39-30(38)26-18(3)35-31-36(27(26)21-9-5-17(2)6-10-21)29(37)25(41-31)15-20-13-23(32)28(24(34)14-20)40-16-19-7-11-22(33)12-8-19/h5-15,27H,4,16H2,1-3H3/b25-15+/t27-/m1/s1. The van der Waals surface area contributed by atoms with E-state index in [0.717, 1.165) is 16.7 Å². The number of aryl methyl sites for hydroxylation is 1. The monoisotopic (exact) mass is 670 g/mol. The summed E-state index contributed by atoms with van der Waals surface area (Å²) in [7, 11) is 0. The minimum Gasteiger partial charge on any atom is -0.486 e. The number of esters is 1. The van der Waals surface area contributed by atoms with Crippen LogP contribution in [-0.2, 0) is 16.1 Å². The highest BCUT2D eigenvalue weighted by Gasteiger charge is 2.33. The maximum absolute atomic E-state index is 13.9. The van der Waals surface area contributed by atoms with Crippen LogP contribution in [0.1, 0.15) is 42.1 Å². The van der Waals surface area contributed by atoms with Gasteiger partial charge >= 0.3 is 5.97 Å². The first-order valence-corrected chi connectivity index (χ1v) is 15.1. The van der Waals surface area contributed by atoms with E-state index >= 15 is 0 Å². The smallest absolute Gasteiger partial charge is 0.338 e. The summed E-state index contributed by atoms with van der Waals surface area (Å²) in [4.78, 5) is 32.0. The van der Waals surface area contributed by atoms with Crippen LogP contribution in [0.4, 0.5) is 0 Å². The zero-order valence-electron chi connectivity index (χ0n) is 22.4. The van der Waals surface area contributed by atoms with E-state index in [1.807, 2.05) is 49.4 Å². The Bertz CT molecular complexity index is 1820. The molecule has 41 heavy (non-hydrogen) atoms. The first kappa shape index (κ1) is 29.3. The zero-order chi connectivity index (χ0) is 29.3. The van der Waals surface area contributed by atoms with Gasteiger partial charge in [0, 0.05) is 5.02 Å². The summed E-state index contributed by atoms with van der Waals surface area (Å²) in [6.07, 6.45) is 1.76. The molecule has 0 aliphatic carbocycles. The van der Waals surface area contributed by atoms with Crippen molar-refractivity contribution in [1.82, 2.24) is 4.57 Å². The molecule has 0 amide bonds. The topological polar surface area (TPSA) is 69.9 Å². The van der Waals surface area contributed by atoms with E-state index in [-0.39, 0.29) is 12.2 Å². The third-order valence-electron chi connectivity index (χ3n) is 6.52. The van der Waals surface area contributed by atoms with E-state index in [1.165, 1.54) is 11.3 Å². The number of rotatable bonds is 7. The van der Waals surface area contributed by atoms with Gasteiger partial charge in [0.1, 0.15) is 6.61 Å². The Morgan fingerprint density at radius 1 is 1.10 bits per heavy atom. The van der Waals surface area contributed by atoms with Crippen LogP contribution >= 0.6 is 50.5 Å². The Labute approximate surface area is 259 Å². The quantitative estimate of drug-likeness (QED) is 0.204. The number of aromatic nitrogens is 1. The maximum Gasteiger partial charge on any atom is 0.338 e. The van der Waals surface area contributed by atoms with Crippen molar-refractivity contribution in [2.45, 2.75) is 33.4 Å². The van der Waals surface area contributed by atoms with Crippen molar-refractivity contribution in [2.75, 3.05) is 6.61 Å². The fourth-order valence-corrected chi connectivity index (χ4v) is 6.71. The van der Waals surface area contributed by atoms with Crippen molar-refractivity contribution in [3.05, 3.63) is 128 Å². The molecule has 6 nitrogen and oxygen atoms in total. The number of nitrogens with zero attached hydrogens (tertiary/aromatic N) is 2. The minimum absolute atomic E-state index is 0.218. The van der Waals surface area contributed by atoms with Crippen LogP contribution < -0.4 is 19.6 Å². The Morgan fingerprint density at radius 3 is 2.46 bits per heavy atom. The molecule has 5 rings (SSSR count). The first-order chi connectivity index (χ1) is 19.7. The fraction of sp³-hybridized carbons (Fsp3) is 0.194. The average molecular weight is 672 g/mol. The van der Waals surface area contributed by atoms with Crippen molar-refractivity contribution in [3.8, 4) is 5.75 Å². The molecule has 0 N–H and O–H groups in total. The number of fused-ring (bicyclic) bond motifs is 1. The largest absolute Gasteiger partial charge is 0.486 e. The lowest BCUT2D eigenvalue weighted by atomic mass is 9.95. The highest BCUT2D eigenvalue weighted by molar-refractivity contribution is 9.10. The van der Waals surface area contributed by atoms with Crippen molar-refractivity contribution < 1.29 is 14.3 Å². The van der Waals surface area contributed by atoms with Gasteiger partial charge in [0.25, 0.3) is 5.56 Å². The molecule has 0 spiro atoms. The lowest BCUT2D eigenvalue weighted by molar-refractivity contribution is -0.139. The van der Waals surface area contributed by atoms with Crippen LogP contribution in [0.5, 0.6) is 5.75 Å². The molecule has 1 atom stereocenters. The van der Waals surface area contributed by atoms with Crippen LogP contribution in [0, 0.1) is 6.92 Å². The van der Waals surface area contributed by atoms with Crippen LogP contribution in [0.2, 0.25) is 10.0 Å². The van der Waals surface area contributed by atoms with Gasteiger partial charge in [-0.2, -0.15) is 0 Å². The molecule has 1 aromatic heterocycles. The molecule has 0 saturated heterocycles. The van der Waals surface area contributed by atoms with E-state index < -0.39 is 12.0 Å². The van der Waals surface area contributed by atoms with Gasteiger partial charge in [0.05, 0.1) is 37.9 Å². The highest BCUT2D eigenvalue weighted by Crippen LogP contribution is 2.35. The number of allylic oxidation sites excluding steroid dienone is 1.